The lowest BCUT2D eigenvalue weighted by molar-refractivity contribution is -0.182. The molecule has 28 heavy (non-hydrogen) atoms. The number of hydrogen-bond acceptors (Lipinski definition) is 5. The van der Waals surface area contributed by atoms with Crippen molar-refractivity contribution in [2.75, 3.05) is 6.54 Å². The van der Waals surface area contributed by atoms with Crippen molar-refractivity contribution in [1.29, 1.82) is 0 Å². The molecule has 1 fully saturated rings. The monoisotopic (exact) mass is 387 g/mol. The van der Waals surface area contributed by atoms with Gasteiger partial charge in [0.1, 0.15) is 6.04 Å². The van der Waals surface area contributed by atoms with Gasteiger partial charge in [-0.2, -0.15) is 0 Å². The van der Waals surface area contributed by atoms with Gasteiger partial charge in [0.15, 0.2) is 6.04 Å². The molecule has 0 saturated carbocycles. The van der Waals surface area contributed by atoms with E-state index in [1.165, 1.54) is 12.2 Å². The zero-order chi connectivity index (χ0) is 20.3. The molecule has 1 saturated heterocycles. The molecule has 0 spiro atoms. The lowest BCUT2D eigenvalue weighted by Crippen LogP contribution is -2.67. The number of carbonyl (C=O) groups is 4. The molecule has 3 atom stereocenters. The number of fused-ring (bicyclic) bond motifs is 1. The van der Waals surface area contributed by atoms with E-state index in [0.717, 1.165) is 15.6 Å². The van der Waals surface area contributed by atoms with Crippen LogP contribution in [-0.4, -0.2) is 68.7 Å². The summed E-state index contributed by atoms with van der Waals surface area (Å²) in [5.41, 5.74) is 0.958. The highest BCUT2D eigenvalue weighted by atomic mass is 16.4. The molecule has 2 aliphatic rings. The second kappa shape index (κ2) is 8.22. The average Bonchev–Trinajstić information content (AvgIpc) is 2.68. The fourth-order valence-electron chi connectivity index (χ4n) is 3.41. The predicted octanol–water partition coefficient (Wildman–Crippen LogP) is 0.0295. The highest BCUT2D eigenvalue weighted by Crippen LogP contribution is 2.22. The molecule has 2 amide bonds. The van der Waals surface area contributed by atoms with Gasteiger partial charge in [-0.05, 0) is 18.4 Å². The van der Waals surface area contributed by atoms with Crippen LogP contribution in [0, 0.1) is 0 Å². The van der Waals surface area contributed by atoms with Gasteiger partial charge >= 0.3 is 11.9 Å². The van der Waals surface area contributed by atoms with Gasteiger partial charge < -0.3 is 10.2 Å². The summed E-state index contributed by atoms with van der Waals surface area (Å²) in [6.45, 7) is 0.109. The summed E-state index contributed by atoms with van der Waals surface area (Å²) in [4.78, 5) is 48.3. The summed E-state index contributed by atoms with van der Waals surface area (Å²) in [6, 6.07) is 5.90. The van der Waals surface area contributed by atoms with Crippen molar-refractivity contribution < 1.29 is 29.4 Å². The van der Waals surface area contributed by atoms with Crippen molar-refractivity contribution in [1.82, 2.24) is 15.3 Å². The minimum absolute atomic E-state index is 0.109. The van der Waals surface area contributed by atoms with E-state index >= 15 is 0 Å². The number of hydrogen-bond donors (Lipinski definition) is 3. The second-order valence-corrected chi connectivity index (χ2v) is 6.71. The summed E-state index contributed by atoms with van der Waals surface area (Å²) >= 11 is 0. The highest BCUT2D eigenvalue weighted by molar-refractivity contribution is 5.97. The molecule has 0 aliphatic carbocycles. The van der Waals surface area contributed by atoms with E-state index in [-0.39, 0.29) is 19.4 Å². The molecule has 9 nitrogen and oxygen atoms in total. The van der Waals surface area contributed by atoms with Gasteiger partial charge in [-0.15, -0.1) is 0 Å². The van der Waals surface area contributed by atoms with Crippen LogP contribution in [0.2, 0.25) is 0 Å². The summed E-state index contributed by atoms with van der Waals surface area (Å²) in [6.07, 6.45) is 3.36. The fourth-order valence-corrected chi connectivity index (χ4v) is 3.41. The lowest BCUT2D eigenvalue weighted by atomic mass is 10.0. The number of carbonyl (C=O) groups excluding carboxylic acids is 2. The van der Waals surface area contributed by atoms with Crippen LogP contribution in [0.1, 0.15) is 18.4 Å². The maximum Gasteiger partial charge on any atom is 0.332 e. The maximum atomic E-state index is 12.8. The minimum atomic E-state index is -1.29. The number of benzene rings is 1. The van der Waals surface area contributed by atoms with Crippen LogP contribution in [-0.2, 0) is 25.6 Å². The van der Waals surface area contributed by atoms with Gasteiger partial charge in [-0.3, -0.25) is 19.7 Å². The number of aryl methyl sites for hydroxylation is 1. The number of nitrogens with zero attached hydrogens (tertiary/aromatic N) is 2. The van der Waals surface area contributed by atoms with E-state index in [1.54, 1.807) is 0 Å². The first kappa shape index (κ1) is 19.6. The minimum Gasteiger partial charge on any atom is -0.480 e. The Hall–Kier alpha value is -3.20. The summed E-state index contributed by atoms with van der Waals surface area (Å²) in [7, 11) is 0. The molecule has 3 rings (SSSR count). The van der Waals surface area contributed by atoms with Gasteiger partial charge in [-0.1, -0.05) is 42.5 Å². The molecule has 0 bridgehead atoms. The zero-order valence-electron chi connectivity index (χ0n) is 15.0. The van der Waals surface area contributed by atoms with E-state index < -0.39 is 41.9 Å². The van der Waals surface area contributed by atoms with Crippen LogP contribution >= 0.6 is 0 Å². The smallest absolute Gasteiger partial charge is 0.332 e. The van der Waals surface area contributed by atoms with Crippen molar-refractivity contribution in [3.05, 3.63) is 48.0 Å². The first-order chi connectivity index (χ1) is 13.4. The predicted molar refractivity (Wildman–Crippen MR) is 96.9 cm³/mol. The quantitative estimate of drug-likeness (QED) is 0.563. The number of rotatable bonds is 7. The Morgan fingerprint density at radius 2 is 1.89 bits per heavy atom. The van der Waals surface area contributed by atoms with E-state index in [0.29, 0.717) is 6.42 Å². The number of amides is 2. The molecule has 148 valence electrons. The van der Waals surface area contributed by atoms with Gasteiger partial charge in [0, 0.05) is 0 Å². The Morgan fingerprint density at radius 1 is 1.18 bits per heavy atom. The Balaban J connectivity index is 1.73. The Labute approximate surface area is 161 Å². The number of carboxylic acids is 2. The zero-order valence-corrected chi connectivity index (χ0v) is 15.0. The van der Waals surface area contributed by atoms with Crippen molar-refractivity contribution in [2.45, 2.75) is 37.4 Å². The average molecular weight is 387 g/mol. The third-order valence-corrected chi connectivity index (χ3v) is 4.83. The number of carboxylic acid groups (broad SMARTS) is 2. The van der Waals surface area contributed by atoms with Gasteiger partial charge in [0.25, 0.3) is 5.91 Å². The van der Waals surface area contributed by atoms with Crippen molar-refractivity contribution in [3.63, 3.8) is 0 Å². The van der Waals surface area contributed by atoms with E-state index in [9.17, 15) is 29.4 Å². The van der Waals surface area contributed by atoms with Crippen LogP contribution in [0.15, 0.2) is 42.5 Å². The van der Waals surface area contributed by atoms with Crippen molar-refractivity contribution in [2.24, 2.45) is 0 Å². The Kier molecular flexibility index (Phi) is 5.74. The maximum absolute atomic E-state index is 12.8. The normalized spacial score (nSPS) is 22.7. The molecule has 0 aromatic heterocycles. The number of aliphatic carboxylic acids is 2. The fraction of sp³-hybridized carbons (Fsp3) is 0.368. The van der Waals surface area contributed by atoms with Gasteiger partial charge in [0.2, 0.25) is 5.91 Å². The lowest BCUT2D eigenvalue weighted by Gasteiger charge is -2.45. The first-order valence-electron chi connectivity index (χ1n) is 8.94. The Bertz CT molecular complexity index is 809. The highest BCUT2D eigenvalue weighted by Gasteiger charge is 2.45. The summed E-state index contributed by atoms with van der Waals surface area (Å²) in [5.74, 6) is -3.45. The van der Waals surface area contributed by atoms with Crippen LogP contribution in [0.4, 0.5) is 0 Å². The third kappa shape index (κ3) is 4.04. The molecule has 3 N–H and O–H groups in total. The van der Waals surface area contributed by atoms with E-state index in [1.807, 2.05) is 30.3 Å². The van der Waals surface area contributed by atoms with Crippen molar-refractivity contribution >= 4 is 23.8 Å². The van der Waals surface area contributed by atoms with Crippen LogP contribution in [0.5, 0.6) is 0 Å². The van der Waals surface area contributed by atoms with E-state index in [2.05, 4.69) is 5.32 Å². The molecule has 2 aliphatic heterocycles. The topological polar surface area (TPSA) is 127 Å². The summed E-state index contributed by atoms with van der Waals surface area (Å²) < 4.78 is 0. The summed E-state index contributed by atoms with van der Waals surface area (Å²) in [5, 5.41) is 23.6. The molecule has 1 aromatic carbocycles. The largest absolute Gasteiger partial charge is 0.480 e. The molecule has 2 heterocycles. The number of nitrogens with one attached hydrogen (secondary N) is 1. The van der Waals surface area contributed by atoms with Crippen LogP contribution in [0.25, 0.3) is 0 Å². The molecular weight excluding hydrogens is 366 g/mol. The second-order valence-electron chi connectivity index (χ2n) is 6.71. The Morgan fingerprint density at radius 3 is 2.54 bits per heavy atom. The van der Waals surface area contributed by atoms with Crippen LogP contribution < -0.4 is 5.32 Å². The van der Waals surface area contributed by atoms with Crippen molar-refractivity contribution in [3.8, 4) is 0 Å². The van der Waals surface area contributed by atoms with Gasteiger partial charge in [0.05, 0.1) is 19.0 Å². The molecule has 1 aromatic rings. The van der Waals surface area contributed by atoms with E-state index in [4.69, 9.17) is 0 Å². The number of hydrazine groups is 1. The van der Waals surface area contributed by atoms with Gasteiger partial charge in [-0.25, -0.2) is 14.8 Å². The van der Waals surface area contributed by atoms with Crippen LogP contribution in [0.3, 0.4) is 0 Å². The molecule has 3 unspecified atom stereocenters. The molecular formula is C19H21N3O6. The third-order valence-electron chi connectivity index (χ3n) is 4.83. The molecule has 0 radical (unpaired) electrons. The first-order valence-corrected chi connectivity index (χ1v) is 8.94. The molecule has 9 heteroatoms. The SMILES string of the molecule is O=C(O)C(CCc1ccccc1)NC1CC(=O)N2CC=CC(C(=O)O)N2C1=O. The standard InChI is InChI=1S/C19H21N3O6/c23-16-11-14(17(24)22-15(19(27)28)7-4-10-21(16)22)20-13(18(25)26)9-8-12-5-2-1-3-6-12/h1-7,13-15,20H,8-11H2,(H,25,26)(H,27,28).